The third kappa shape index (κ3) is 9.11. The van der Waals surface area contributed by atoms with Gasteiger partial charge < -0.3 is 9.84 Å². The summed E-state index contributed by atoms with van der Waals surface area (Å²) in [4.78, 5) is 21.5. The van der Waals surface area contributed by atoms with Crippen LogP contribution < -0.4 is 0 Å². The van der Waals surface area contributed by atoms with E-state index < -0.39 is 33.7 Å². The molecular weight excluding hydrogens is 279 g/mol. The second-order valence-electron chi connectivity index (χ2n) is 3.12. The zero-order valence-corrected chi connectivity index (χ0v) is 9.57. The Kier molecular flexibility index (Phi) is 11.0. The number of unbranched alkanes of at least 4 members (excludes halogenated alkanes) is 1. The Balaban J connectivity index is 0. The van der Waals surface area contributed by atoms with E-state index in [-0.39, 0.29) is 58.0 Å². The second-order valence-corrected chi connectivity index (χ2v) is 4.72. The molecule has 0 bridgehead atoms. The van der Waals surface area contributed by atoms with Crippen LogP contribution in [-0.2, 0) is 24.4 Å². The zero-order valence-electron chi connectivity index (χ0n) is 8.75. The molecule has 96 valence electrons. The first-order valence-electron chi connectivity index (χ1n) is 4.63. The molecule has 1 unspecified atom stereocenters. The van der Waals surface area contributed by atoms with Crippen molar-refractivity contribution < 1.29 is 32.4 Å². The minimum atomic E-state index is -4.75. The number of esters is 1. The molecule has 1 atom stereocenters. The second kappa shape index (κ2) is 9.42. The molecule has 7 nitrogen and oxygen atoms in total. The molecule has 0 aliphatic rings. The van der Waals surface area contributed by atoms with Crippen molar-refractivity contribution in [3.05, 3.63) is 0 Å². The Morgan fingerprint density at radius 1 is 1.35 bits per heavy atom. The zero-order chi connectivity index (χ0) is 12.8. The topological polar surface area (TPSA) is 118 Å². The first-order chi connectivity index (χ1) is 7.29. The van der Waals surface area contributed by atoms with E-state index in [2.05, 4.69) is 4.74 Å². The molecule has 0 saturated heterocycles. The third-order valence-corrected chi connectivity index (χ3v) is 2.80. The minimum absolute atomic E-state index is 0. The molecular formula is C8H15KO7S. The van der Waals surface area contributed by atoms with Crippen LogP contribution in [-0.4, -0.2) is 93.3 Å². The molecule has 0 aromatic carbocycles. The van der Waals surface area contributed by atoms with Crippen LogP contribution >= 0.6 is 0 Å². The molecule has 0 saturated carbocycles. The number of carbonyl (C=O) groups is 2. The Hall–Kier alpha value is 0.486. The van der Waals surface area contributed by atoms with Crippen LogP contribution in [0, 0.1) is 0 Å². The number of ether oxygens (including phenoxy) is 1. The summed E-state index contributed by atoms with van der Waals surface area (Å²) in [6.45, 7) is 1.84. The van der Waals surface area contributed by atoms with Gasteiger partial charge in [0.2, 0.25) is 0 Å². The van der Waals surface area contributed by atoms with E-state index in [0.29, 0.717) is 6.42 Å². The number of carboxylic acids is 1. The number of aliphatic carboxylic acids is 1. The Morgan fingerprint density at radius 2 is 1.88 bits per heavy atom. The fourth-order valence-corrected chi connectivity index (χ4v) is 1.54. The van der Waals surface area contributed by atoms with E-state index in [9.17, 15) is 18.0 Å². The van der Waals surface area contributed by atoms with Gasteiger partial charge in [-0.25, -0.2) is 0 Å². The summed E-state index contributed by atoms with van der Waals surface area (Å²) in [5.41, 5.74) is 0. The molecule has 0 radical (unpaired) electrons. The first-order valence-corrected chi connectivity index (χ1v) is 6.14. The van der Waals surface area contributed by atoms with Gasteiger partial charge in [0.15, 0.2) is 5.25 Å². The molecule has 0 heterocycles. The van der Waals surface area contributed by atoms with Crippen molar-refractivity contribution in [1.29, 1.82) is 0 Å². The van der Waals surface area contributed by atoms with Gasteiger partial charge in [0, 0.05) is 0 Å². The number of carbonyl (C=O) groups excluding carboxylic acids is 1. The molecule has 0 spiro atoms. The summed E-state index contributed by atoms with van der Waals surface area (Å²) in [7, 11) is -4.75. The van der Waals surface area contributed by atoms with Crippen molar-refractivity contribution in [2.45, 2.75) is 31.4 Å². The van der Waals surface area contributed by atoms with E-state index in [1.807, 2.05) is 6.92 Å². The maximum absolute atomic E-state index is 11.2. The fraction of sp³-hybridized carbons (Fsp3) is 0.750. The van der Waals surface area contributed by atoms with Gasteiger partial charge in [-0.05, 0) is 6.42 Å². The standard InChI is InChI=1S/C8H14O7S.K.H/c1-2-3-4-15-8(11)6(5-7(9)10)16(12,13)14;;/h6H,2-5H2,1H3,(H,9,10)(H,12,13,14);;. The quantitative estimate of drug-likeness (QED) is 0.279. The van der Waals surface area contributed by atoms with E-state index in [0.717, 1.165) is 6.42 Å². The molecule has 0 aliphatic carbocycles. The van der Waals surface area contributed by atoms with Gasteiger partial charge in [-0.15, -0.1) is 0 Å². The maximum atomic E-state index is 11.2. The summed E-state index contributed by atoms with van der Waals surface area (Å²) in [6, 6.07) is 0. The Bertz CT molecular complexity index is 351. The molecule has 9 heteroatoms. The monoisotopic (exact) mass is 294 g/mol. The van der Waals surface area contributed by atoms with Gasteiger partial charge in [-0.1, -0.05) is 13.3 Å². The predicted octanol–water partition coefficient (Wildman–Crippen LogP) is -0.588. The molecule has 0 aromatic rings. The van der Waals surface area contributed by atoms with Gasteiger partial charge in [0.05, 0.1) is 13.0 Å². The number of hydrogen-bond donors (Lipinski definition) is 2. The SMILES string of the molecule is CCCCOC(=O)C(CC(=O)O)S(=O)(=O)O.[KH]. The molecule has 0 fully saturated rings. The van der Waals surface area contributed by atoms with Crippen LogP contribution in [0.4, 0.5) is 0 Å². The first kappa shape index (κ1) is 19.8. The van der Waals surface area contributed by atoms with Crippen LogP contribution in [0.15, 0.2) is 0 Å². The van der Waals surface area contributed by atoms with Crippen LogP contribution in [0.1, 0.15) is 26.2 Å². The normalized spacial score (nSPS) is 12.4. The average molecular weight is 294 g/mol. The van der Waals surface area contributed by atoms with Gasteiger partial charge in [0.1, 0.15) is 0 Å². The van der Waals surface area contributed by atoms with E-state index in [1.54, 1.807) is 0 Å². The van der Waals surface area contributed by atoms with Crippen LogP contribution in [0.5, 0.6) is 0 Å². The van der Waals surface area contributed by atoms with E-state index >= 15 is 0 Å². The molecule has 0 amide bonds. The molecule has 0 rings (SSSR count). The summed E-state index contributed by atoms with van der Waals surface area (Å²) < 4.78 is 34.7. The summed E-state index contributed by atoms with van der Waals surface area (Å²) in [5.74, 6) is -2.74. The molecule has 0 aromatic heterocycles. The summed E-state index contributed by atoms with van der Waals surface area (Å²) in [5, 5.41) is 6.33. The number of hydrogen-bond acceptors (Lipinski definition) is 5. The van der Waals surface area contributed by atoms with Gasteiger partial charge in [-0.3, -0.25) is 14.1 Å². The molecule has 17 heavy (non-hydrogen) atoms. The van der Waals surface area contributed by atoms with Crippen LogP contribution in [0.2, 0.25) is 0 Å². The van der Waals surface area contributed by atoms with Crippen LogP contribution in [0.3, 0.4) is 0 Å². The molecule has 2 N–H and O–H groups in total. The van der Waals surface area contributed by atoms with Gasteiger partial charge >= 0.3 is 63.3 Å². The van der Waals surface area contributed by atoms with Crippen molar-refractivity contribution >= 4 is 73.4 Å². The van der Waals surface area contributed by atoms with E-state index in [1.165, 1.54) is 0 Å². The van der Waals surface area contributed by atoms with Crippen molar-refractivity contribution in [3.8, 4) is 0 Å². The van der Waals surface area contributed by atoms with E-state index in [4.69, 9.17) is 9.66 Å². The molecule has 0 aliphatic heterocycles. The fourth-order valence-electron chi connectivity index (χ4n) is 0.879. The average Bonchev–Trinajstić information content (AvgIpc) is 2.12. The Morgan fingerprint density at radius 3 is 2.24 bits per heavy atom. The van der Waals surface area contributed by atoms with Crippen molar-refractivity contribution in [2.75, 3.05) is 6.61 Å². The summed E-state index contributed by atoms with van der Waals surface area (Å²) in [6.07, 6.45) is 0.267. The van der Waals surface area contributed by atoms with Gasteiger partial charge in [0.25, 0.3) is 10.1 Å². The number of rotatable bonds is 7. The number of carboxylic acid groups (broad SMARTS) is 1. The predicted molar refractivity (Wildman–Crippen MR) is 60.6 cm³/mol. The van der Waals surface area contributed by atoms with Crippen LogP contribution in [0.25, 0.3) is 0 Å². The Labute approximate surface area is 142 Å². The van der Waals surface area contributed by atoms with Crippen molar-refractivity contribution in [3.63, 3.8) is 0 Å². The van der Waals surface area contributed by atoms with Gasteiger partial charge in [-0.2, -0.15) is 8.42 Å². The third-order valence-electron chi connectivity index (χ3n) is 1.72. The van der Waals surface area contributed by atoms with Crippen molar-refractivity contribution in [2.24, 2.45) is 0 Å². The summed E-state index contributed by atoms with van der Waals surface area (Å²) >= 11 is 0. The van der Waals surface area contributed by atoms with Crippen molar-refractivity contribution in [1.82, 2.24) is 0 Å².